The molecule has 0 aliphatic heterocycles. The number of anilines is 1. The van der Waals surface area contributed by atoms with Crippen LogP contribution in [-0.4, -0.2) is 31.0 Å². The van der Waals surface area contributed by atoms with E-state index in [-0.39, 0.29) is 23.9 Å². The van der Waals surface area contributed by atoms with Crippen molar-refractivity contribution in [1.29, 1.82) is 0 Å². The van der Waals surface area contributed by atoms with Gasteiger partial charge in [0.2, 0.25) is 5.91 Å². The number of para-hydroxylation sites is 2. The van der Waals surface area contributed by atoms with Gasteiger partial charge in [-0.25, -0.2) is 0 Å². The summed E-state index contributed by atoms with van der Waals surface area (Å²) in [7, 11) is 1.77. The molecule has 0 atom stereocenters. The number of nitrogens with zero attached hydrogens (tertiary/aromatic N) is 1. The molecule has 0 spiro atoms. The summed E-state index contributed by atoms with van der Waals surface area (Å²) in [6.45, 7) is -2.39. The molecule has 4 nitrogen and oxygen atoms in total. The number of likely N-dealkylation sites (N-methyl/N-ethyl adjacent to an activating group) is 1. The van der Waals surface area contributed by atoms with Crippen LogP contribution in [0, 0.1) is 0 Å². The van der Waals surface area contributed by atoms with Gasteiger partial charge in [-0.05, 0) is 30.8 Å². The van der Waals surface area contributed by atoms with E-state index in [1.807, 2.05) is 18.2 Å². The first-order chi connectivity index (χ1) is 11.5. The minimum Gasteiger partial charge on any atom is -0.433 e. The van der Waals surface area contributed by atoms with Crippen molar-refractivity contribution in [3.8, 4) is 5.75 Å². The Kier molecular flexibility index (Phi) is 6.52. The van der Waals surface area contributed by atoms with Crippen molar-refractivity contribution < 1.29 is 18.3 Å². The summed E-state index contributed by atoms with van der Waals surface area (Å²) in [5, 5.41) is 3.20. The Bertz CT molecular complexity index is 698. The quantitative estimate of drug-likeness (QED) is 0.816. The molecular weight excluding hydrogens is 338 g/mol. The highest BCUT2D eigenvalue weighted by Crippen LogP contribution is 2.25. The first-order valence-corrected chi connectivity index (χ1v) is 7.59. The predicted octanol–water partition coefficient (Wildman–Crippen LogP) is 4.01. The summed E-state index contributed by atoms with van der Waals surface area (Å²) in [5.41, 5.74) is 1.10. The largest absolute Gasteiger partial charge is 0.433 e. The standard InChI is InChI=1S/C17H17ClF2N2O2/c1-22(10-12-6-2-3-7-13(12)18)11-16(23)21-14-8-4-5-9-15(14)24-17(19)20/h2-9,17H,10-11H2,1H3,(H,21,23). The fourth-order valence-corrected chi connectivity index (χ4v) is 2.37. The maximum absolute atomic E-state index is 12.4. The van der Waals surface area contributed by atoms with Crippen LogP contribution in [0.2, 0.25) is 5.02 Å². The zero-order valence-electron chi connectivity index (χ0n) is 13.0. The van der Waals surface area contributed by atoms with E-state index in [0.29, 0.717) is 11.6 Å². The summed E-state index contributed by atoms with van der Waals surface area (Å²) in [6.07, 6.45) is 0. The first-order valence-electron chi connectivity index (χ1n) is 7.21. The highest BCUT2D eigenvalue weighted by Gasteiger charge is 2.13. The third kappa shape index (κ3) is 5.47. The van der Waals surface area contributed by atoms with E-state index in [1.165, 1.54) is 12.1 Å². The lowest BCUT2D eigenvalue weighted by Gasteiger charge is -2.18. The topological polar surface area (TPSA) is 41.6 Å². The van der Waals surface area contributed by atoms with Crippen molar-refractivity contribution in [2.45, 2.75) is 13.2 Å². The van der Waals surface area contributed by atoms with Crippen molar-refractivity contribution in [3.05, 3.63) is 59.1 Å². The van der Waals surface area contributed by atoms with E-state index in [1.54, 1.807) is 30.1 Å². The molecule has 0 saturated carbocycles. The fourth-order valence-electron chi connectivity index (χ4n) is 2.18. The van der Waals surface area contributed by atoms with Crippen LogP contribution in [-0.2, 0) is 11.3 Å². The van der Waals surface area contributed by atoms with Crippen LogP contribution < -0.4 is 10.1 Å². The van der Waals surface area contributed by atoms with Gasteiger partial charge in [-0.1, -0.05) is 41.9 Å². The molecule has 24 heavy (non-hydrogen) atoms. The Hall–Kier alpha value is -2.18. The monoisotopic (exact) mass is 354 g/mol. The molecular formula is C17H17ClF2N2O2. The number of ether oxygens (including phenoxy) is 1. The van der Waals surface area contributed by atoms with E-state index >= 15 is 0 Å². The smallest absolute Gasteiger partial charge is 0.387 e. The summed E-state index contributed by atoms with van der Waals surface area (Å²) in [5.74, 6) is -0.413. The van der Waals surface area contributed by atoms with E-state index in [0.717, 1.165) is 5.56 Å². The van der Waals surface area contributed by atoms with Crippen LogP contribution >= 0.6 is 11.6 Å². The number of carbonyl (C=O) groups is 1. The van der Waals surface area contributed by atoms with Gasteiger partial charge in [0.05, 0.1) is 12.2 Å². The molecule has 0 saturated heterocycles. The minimum atomic E-state index is -2.95. The average molecular weight is 355 g/mol. The highest BCUT2D eigenvalue weighted by atomic mass is 35.5. The van der Waals surface area contributed by atoms with Crippen molar-refractivity contribution in [1.82, 2.24) is 4.90 Å². The highest BCUT2D eigenvalue weighted by molar-refractivity contribution is 6.31. The molecule has 0 fully saturated rings. The second kappa shape index (κ2) is 8.61. The number of amides is 1. The number of nitrogens with one attached hydrogen (secondary N) is 1. The fraction of sp³-hybridized carbons (Fsp3) is 0.235. The summed E-state index contributed by atoms with van der Waals surface area (Å²) < 4.78 is 29.1. The number of hydrogen-bond donors (Lipinski definition) is 1. The minimum absolute atomic E-state index is 0.0744. The van der Waals surface area contributed by atoms with Gasteiger partial charge in [0.25, 0.3) is 0 Å². The maximum Gasteiger partial charge on any atom is 0.387 e. The molecule has 1 N–H and O–H groups in total. The van der Waals surface area contributed by atoms with Crippen LogP contribution in [0.1, 0.15) is 5.56 Å². The van der Waals surface area contributed by atoms with Gasteiger partial charge >= 0.3 is 6.61 Å². The molecule has 128 valence electrons. The first kappa shape index (κ1) is 18.2. The zero-order valence-corrected chi connectivity index (χ0v) is 13.8. The molecule has 0 bridgehead atoms. The van der Waals surface area contributed by atoms with Crippen LogP contribution in [0.4, 0.5) is 14.5 Å². The Labute approximate surface area is 144 Å². The van der Waals surface area contributed by atoms with Gasteiger partial charge in [0.15, 0.2) is 0 Å². The van der Waals surface area contributed by atoms with Gasteiger partial charge in [0.1, 0.15) is 5.75 Å². The number of benzene rings is 2. The summed E-state index contributed by atoms with van der Waals surface area (Å²) >= 11 is 6.09. The maximum atomic E-state index is 12.4. The molecule has 1 amide bonds. The van der Waals surface area contributed by atoms with Crippen molar-refractivity contribution in [2.75, 3.05) is 18.9 Å². The zero-order chi connectivity index (χ0) is 17.5. The summed E-state index contributed by atoms with van der Waals surface area (Å²) in [6, 6.07) is 13.4. The Balaban J connectivity index is 1.95. The number of rotatable bonds is 7. The van der Waals surface area contributed by atoms with Crippen molar-refractivity contribution in [2.24, 2.45) is 0 Å². The molecule has 2 aromatic rings. The normalized spacial score (nSPS) is 10.9. The van der Waals surface area contributed by atoms with E-state index in [9.17, 15) is 13.6 Å². The molecule has 7 heteroatoms. The molecule has 0 heterocycles. The second-order valence-corrected chi connectivity index (χ2v) is 5.59. The molecule has 2 aromatic carbocycles. The third-order valence-electron chi connectivity index (χ3n) is 3.19. The number of hydrogen-bond acceptors (Lipinski definition) is 3. The van der Waals surface area contributed by atoms with E-state index in [2.05, 4.69) is 10.1 Å². The van der Waals surface area contributed by atoms with Gasteiger partial charge < -0.3 is 10.1 Å². The van der Waals surface area contributed by atoms with Gasteiger partial charge in [-0.3, -0.25) is 9.69 Å². The van der Waals surface area contributed by atoms with Gasteiger partial charge in [-0.2, -0.15) is 8.78 Å². The molecule has 2 rings (SSSR count). The third-order valence-corrected chi connectivity index (χ3v) is 3.56. The molecule has 0 radical (unpaired) electrons. The Morgan fingerprint density at radius 1 is 1.21 bits per heavy atom. The van der Waals surface area contributed by atoms with E-state index in [4.69, 9.17) is 11.6 Å². The van der Waals surface area contributed by atoms with Crippen LogP contribution in [0.25, 0.3) is 0 Å². The lowest BCUT2D eigenvalue weighted by atomic mass is 10.2. The lowest BCUT2D eigenvalue weighted by molar-refractivity contribution is -0.117. The SMILES string of the molecule is CN(CC(=O)Nc1ccccc1OC(F)F)Cc1ccccc1Cl. The number of carbonyl (C=O) groups excluding carboxylic acids is 1. The average Bonchev–Trinajstić information content (AvgIpc) is 2.51. The molecule has 0 aliphatic rings. The Morgan fingerprint density at radius 3 is 2.58 bits per heavy atom. The van der Waals surface area contributed by atoms with Crippen LogP contribution in [0.15, 0.2) is 48.5 Å². The molecule has 0 unspecified atom stereocenters. The Morgan fingerprint density at radius 2 is 1.88 bits per heavy atom. The summed E-state index contributed by atoms with van der Waals surface area (Å²) in [4.78, 5) is 13.9. The van der Waals surface area contributed by atoms with Crippen molar-refractivity contribution >= 4 is 23.2 Å². The molecule has 0 aliphatic carbocycles. The van der Waals surface area contributed by atoms with Crippen molar-refractivity contribution in [3.63, 3.8) is 0 Å². The predicted molar refractivity (Wildman–Crippen MR) is 89.5 cm³/mol. The number of halogens is 3. The van der Waals surface area contributed by atoms with Crippen LogP contribution in [0.5, 0.6) is 5.75 Å². The van der Waals surface area contributed by atoms with Gasteiger partial charge in [0, 0.05) is 11.6 Å². The second-order valence-electron chi connectivity index (χ2n) is 5.19. The van der Waals surface area contributed by atoms with Crippen LogP contribution in [0.3, 0.4) is 0 Å². The number of alkyl halides is 2. The lowest BCUT2D eigenvalue weighted by Crippen LogP contribution is -2.30. The van der Waals surface area contributed by atoms with E-state index < -0.39 is 6.61 Å². The molecule has 0 aromatic heterocycles. The van der Waals surface area contributed by atoms with Gasteiger partial charge in [-0.15, -0.1) is 0 Å².